The van der Waals surface area contributed by atoms with E-state index in [1.165, 1.54) is 19.2 Å². The van der Waals surface area contributed by atoms with Crippen LogP contribution in [-0.4, -0.2) is 54.2 Å². The Hall–Kier alpha value is -2.58. The summed E-state index contributed by atoms with van der Waals surface area (Å²) < 4.78 is 20.2. The minimum Gasteiger partial charge on any atom is -0.444 e. The molecule has 2 rings (SSSR count). The topological polar surface area (TPSA) is 88.0 Å². The summed E-state index contributed by atoms with van der Waals surface area (Å²) in [4.78, 5) is 26.0. The van der Waals surface area contributed by atoms with Crippen molar-refractivity contribution in [3.05, 3.63) is 28.1 Å². The summed E-state index contributed by atoms with van der Waals surface area (Å²) in [5, 5.41) is 13.6. The van der Waals surface area contributed by atoms with Gasteiger partial charge in [0.1, 0.15) is 5.60 Å². The first-order valence-corrected chi connectivity index (χ1v) is 8.44. The molecule has 1 aliphatic rings. The van der Waals surface area contributed by atoms with Crippen molar-refractivity contribution in [2.24, 2.45) is 0 Å². The van der Waals surface area contributed by atoms with Gasteiger partial charge in [0.05, 0.1) is 10.6 Å². The van der Waals surface area contributed by atoms with E-state index in [-0.39, 0.29) is 23.1 Å². The zero-order valence-electron chi connectivity index (χ0n) is 15.7. The van der Waals surface area contributed by atoms with Crippen molar-refractivity contribution in [3.8, 4) is 0 Å². The number of carbonyl (C=O) groups is 1. The first-order chi connectivity index (χ1) is 12.0. The maximum absolute atomic E-state index is 14.8. The summed E-state index contributed by atoms with van der Waals surface area (Å²) in [7, 11) is 1.44. The summed E-state index contributed by atoms with van der Waals surface area (Å²) in [5.41, 5.74) is -0.761. The van der Waals surface area contributed by atoms with Crippen molar-refractivity contribution in [2.45, 2.75) is 39.3 Å². The number of rotatable bonds is 3. The number of halogens is 1. The highest BCUT2D eigenvalue weighted by atomic mass is 19.1. The number of carbonyl (C=O) groups excluding carboxylic acids is 1. The van der Waals surface area contributed by atoms with Gasteiger partial charge in [0, 0.05) is 38.8 Å². The summed E-state index contributed by atoms with van der Waals surface area (Å²) in [6.07, 6.45) is -0.399. The van der Waals surface area contributed by atoms with Crippen LogP contribution in [0.3, 0.4) is 0 Å². The highest BCUT2D eigenvalue weighted by Crippen LogP contribution is 2.35. The van der Waals surface area contributed by atoms with Crippen molar-refractivity contribution in [1.29, 1.82) is 0 Å². The highest BCUT2D eigenvalue weighted by molar-refractivity contribution is 5.72. The number of nitro benzene ring substituents is 1. The zero-order chi connectivity index (χ0) is 19.6. The quantitative estimate of drug-likeness (QED) is 0.651. The molecule has 0 bridgehead atoms. The molecule has 1 saturated heterocycles. The lowest BCUT2D eigenvalue weighted by Crippen LogP contribution is -2.54. The first kappa shape index (κ1) is 19.7. The summed E-state index contributed by atoms with van der Waals surface area (Å²) >= 11 is 0. The monoisotopic (exact) mass is 368 g/mol. The Labute approximate surface area is 152 Å². The molecule has 9 heteroatoms. The molecule has 1 N–H and O–H groups in total. The number of ether oxygens (including phenoxy) is 1. The predicted molar refractivity (Wildman–Crippen MR) is 97.2 cm³/mol. The number of hydrogen-bond donors (Lipinski definition) is 1. The van der Waals surface area contributed by atoms with Crippen molar-refractivity contribution in [3.63, 3.8) is 0 Å². The number of nitro groups is 1. The van der Waals surface area contributed by atoms with Crippen LogP contribution in [0.4, 0.5) is 26.2 Å². The van der Waals surface area contributed by atoms with Gasteiger partial charge in [-0.3, -0.25) is 10.1 Å². The summed E-state index contributed by atoms with van der Waals surface area (Å²) in [6.45, 7) is 8.43. The molecule has 1 fully saturated rings. The number of amides is 1. The van der Waals surface area contributed by atoms with Crippen molar-refractivity contribution >= 4 is 23.2 Å². The molecule has 1 atom stereocenters. The van der Waals surface area contributed by atoms with Gasteiger partial charge < -0.3 is 19.9 Å². The molecule has 1 amide bonds. The van der Waals surface area contributed by atoms with E-state index >= 15 is 0 Å². The van der Waals surface area contributed by atoms with Gasteiger partial charge in [0.2, 0.25) is 0 Å². The zero-order valence-corrected chi connectivity index (χ0v) is 15.7. The van der Waals surface area contributed by atoms with Crippen LogP contribution >= 0.6 is 0 Å². The van der Waals surface area contributed by atoms with Crippen LogP contribution in [0.2, 0.25) is 0 Å². The van der Waals surface area contributed by atoms with Gasteiger partial charge >= 0.3 is 6.09 Å². The fraction of sp³-hybridized carbons (Fsp3) is 0.588. The summed E-state index contributed by atoms with van der Waals surface area (Å²) in [6, 6.07) is 2.53. The van der Waals surface area contributed by atoms with Crippen LogP contribution in [0.1, 0.15) is 27.7 Å². The van der Waals surface area contributed by atoms with Crippen LogP contribution < -0.4 is 10.2 Å². The SMILES string of the molecule is CNc1c([N+](=O)[O-])ccc(N2CCN(C(=O)OC(C)(C)C)C[C@@H]2C)c1F. The molecule has 1 aliphatic heterocycles. The van der Waals surface area contributed by atoms with Gasteiger partial charge in [-0.15, -0.1) is 0 Å². The number of piperazine rings is 1. The fourth-order valence-corrected chi connectivity index (χ4v) is 2.97. The maximum Gasteiger partial charge on any atom is 0.410 e. The number of anilines is 2. The molecule has 0 aliphatic carbocycles. The second kappa shape index (κ2) is 7.35. The lowest BCUT2D eigenvalue weighted by molar-refractivity contribution is -0.384. The van der Waals surface area contributed by atoms with E-state index in [0.717, 1.165) is 0 Å². The van der Waals surface area contributed by atoms with Gasteiger partial charge in [-0.05, 0) is 33.8 Å². The van der Waals surface area contributed by atoms with E-state index in [4.69, 9.17) is 4.74 Å². The Morgan fingerprint density at radius 1 is 1.38 bits per heavy atom. The van der Waals surface area contributed by atoms with Crippen molar-refractivity contribution in [2.75, 3.05) is 36.9 Å². The molecular weight excluding hydrogens is 343 g/mol. The van der Waals surface area contributed by atoms with E-state index in [9.17, 15) is 19.3 Å². The maximum atomic E-state index is 14.8. The largest absolute Gasteiger partial charge is 0.444 e. The molecule has 0 aromatic heterocycles. The highest BCUT2D eigenvalue weighted by Gasteiger charge is 2.32. The average molecular weight is 368 g/mol. The normalized spacial score (nSPS) is 17.8. The Morgan fingerprint density at radius 2 is 2.04 bits per heavy atom. The lowest BCUT2D eigenvalue weighted by atomic mass is 10.1. The Kier molecular flexibility index (Phi) is 5.58. The predicted octanol–water partition coefficient (Wildman–Crippen LogP) is 3.22. The van der Waals surface area contributed by atoms with Crippen molar-refractivity contribution in [1.82, 2.24) is 4.90 Å². The third-order valence-corrected chi connectivity index (χ3v) is 4.13. The number of benzene rings is 1. The van der Waals surface area contributed by atoms with E-state index in [1.807, 2.05) is 6.92 Å². The Bertz CT molecular complexity index is 705. The van der Waals surface area contributed by atoms with Gasteiger partial charge in [0.25, 0.3) is 5.69 Å². The van der Waals surface area contributed by atoms with E-state index in [1.54, 1.807) is 30.6 Å². The van der Waals surface area contributed by atoms with Crippen LogP contribution in [0.25, 0.3) is 0 Å². The Balaban J connectivity index is 2.20. The molecule has 1 aromatic rings. The molecule has 0 unspecified atom stereocenters. The molecule has 1 aromatic carbocycles. The minimum atomic E-state index is -0.667. The van der Waals surface area contributed by atoms with Crippen LogP contribution in [0, 0.1) is 15.9 Å². The van der Waals surface area contributed by atoms with Crippen molar-refractivity contribution < 1.29 is 18.8 Å². The smallest absolute Gasteiger partial charge is 0.410 e. The van der Waals surface area contributed by atoms with E-state index in [0.29, 0.717) is 19.6 Å². The second-order valence-corrected chi connectivity index (χ2v) is 7.27. The number of hydrogen-bond acceptors (Lipinski definition) is 6. The lowest BCUT2D eigenvalue weighted by Gasteiger charge is -2.41. The average Bonchev–Trinajstić information content (AvgIpc) is 2.53. The van der Waals surface area contributed by atoms with E-state index < -0.39 is 22.4 Å². The van der Waals surface area contributed by atoms with E-state index in [2.05, 4.69) is 5.32 Å². The molecule has 0 saturated carbocycles. The third-order valence-electron chi connectivity index (χ3n) is 4.13. The fourth-order valence-electron chi connectivity index (χ4n) is 2.97. The van der Waals surface area contributed by atoms with Crippen LogP contribution in [0.15, 0.2) is 12.1 Å². The van der Waals surface area contributed by atoms with Gasteiger partial charge in [-0.1, -0.05) is 0 Å². The van der Waals surface area contributed by atoms with Crippen LogP contribution in [-0.2, 0) is 4.74 Å². The van der Waals surface area contributed by atoms with Crippen LogP contribution in [0.5, 0.6) is 0 Å². The second-order valence-electron chi connectivity index (χ2n) is 7.27. The molecule has 144 valence electrons. The van der Waals surface area contributed by atoms with Gasteiger partial charge in [-0.25, -0.2) is 9.18 Å². The standard InChI is InChI=1S/C17H25FN4O4/c1-11-10-20(16(23)26-17(2,3)4)8-9-21(11)12-6-7-13(22(24)25)15(19-5)14(12)18/h6-7,11,19H,8-10H2,1-5H3/t11-/m0/s1. The molecule has 1 heterocycles. The molecule has 0 radical (unpaired) electrons. The summed E-state index contributed by atoms with van der Waals surface area (Å²) in [5.74, 6) is -0.667. The van der Waals surface area contributed by atoms with Gasteiger partial charge in [-0.2, -0.15) is 0 Å². The van der Waals surface area contributed by atoms with Gasteiger partial charge in [0.15, 0.2) is 11.5 Å². The Morgan fingerprint density at radius 3 is 2.54 bits per heavy atom. The first-order valence-electron chi connectivity index (χ1n) is 8.44. The minimum absolute atomic E-state index is 0.144. The number of nitrogens with one attached hydrogen (secondary N) is 1. The molecule has 8 nitrogen and oxygen atoms in total. The third kappa shape index (κ3) is 4.14. The molecular formula is C17H25FN4O4. The molecule has 0 spiro atoms. The number of nitrogens with zero attached hydrogens (tertiary/aromatic N) is 3. The molecule has 26 heavy (non-hydrogen) atoms.